The van der Waals surface area contributed by atoms with Gasteiger partial charge in [0.05, 0.1) is 16.4 Å². The molecule has 0 atom stereocenters. The molecule has 0 saturated heterocycles. The Kier molecular flexibility index (Phi) is 2.57. The first kappa shape index (κ1) is 12.4. The van der Waals surface area contributed by atoms with E-state index in [1.54, 1.807) is 0 Å². The number of rotatable bonds is 1. The van der Waals surface area contributed by atoms with Crippen LogP contribution in [0.15, 0.2) is 64.3 Å². The van der Waals surface area contributed by atoms with Crippen molar-refractivity contribution in [1.29, 1.82) is 5.26 Å². The highest BCUT2D eigenvalue weighted by atomic mass is 15.0. The number of nitrogen functional groups attached to an aromatic ring is 1. The van der Waals surface area contributed by atoms with Crippen molar-refractivity contribution in [3.63, 3.8) is 0 Å². The summed E-state index contributed by atoms with van der Waals surface area (Å²) in [5.41, 5.74) is 7.05. The van der Waals surface area contributed by atoms with Crippen molar-refractivity contribution < 1.29 is 0 Å². The Morgan fingerprint density at radius 2 is 1.55 bits per heavy atom. The van der Waals surface area contributed by atoms with Gasteiger partial charge in [-0.25, -0.2) is 9.98 Å². The zero-order valence-corrected chi connectivity index (χ0v) is 11.5. The SMILES string of the molecule is N#CC(=C1N=c2ccccc2=N1)c1[nH]c(N)c2ccccc12. The molecule has 2 aromatic carbocycles. The van der Waals surface area contributed by atoms with Gasteiger partial charge in [0, 0.05) is 10.8 Å². The summed E-state index contributed by atoms with van der Waals surface area (Å²) >= 11 is 0. The van der Waals surface area contributed by atoms with Gasteiger partial charge in [0.2, 0.25) is 0 Å². The number of H-pyrrole nitrogens is 1. The molecule has 0 radical (unpaired) electrons. The molecular weight excluding hydrogens is 274 g/mol. The lowest BCUT2D eigenvalue weighted by Gasteiger charge is -1.98. The average molecular weight is 285 g/mol. The molecule has 0 amide bonds. The predicted octanol–water partition coefficient (Wildman–Crippen LogP) is 1.90. The molecule has 1 aliphatic heterocycles. The van der Waals surface area contributed by atoms with E-state index in [1.165, 1.54) is 0 Å². The van der Waals surface area contributed by atoms with Crippen LogP contribution in [-0.4, -0.2) is 4.98 Å². The fourth-order valence-corrected chi connectivity index (χ4v) is 2.64. The predicted molar refractivity (Wildman–Crippen MR) is 84.0 cm³/mol. The second-order valence-electron chi connectivity index (χ2n) is 4.98. The smallest absolute Gasteiger partial charge is 0.173 e. The summed E-state index contributed by atoms with van der Waals surface area (Å²) in [6.45, 7) is 0. The zero-order valence-electron chi connectivity index (χ0n) is 11.5. The molecule has 0 fully saturated rings. The first-order valence-corrected chi connectivity index (χ1v) is 6.81. The van der Waals surface area contributed by atoms with Crippen molar-refractivity contribution in [2.24, 2.45) is 9.98 Å². The van der Waals surface area contributed by atoms with Gasteiger partial charge >= 0.3 is 0 Å². The van der Waals surface area contributed by atoms with E-state index in [0.29, 0.717) is 22.9 Å². The molecule has 0 bridgehead atoms. The van der Waals surface area contributed by atoms with Crippen LogP contribution in [-0.2, 0) is 0 Å². The van der Waals surface area contributed by atoms with Crippen molar-refractivity contribution in [2.75, 3.05) is 5.73 Å². The highest BCUT2D eigenvalue weighted by molar-refractivity contribution is 6.02. The number of aromatic nitrogens is 1. The molecule has 104 valence electrons. The molecule has 0 aliphatic carbocycles. The number of anilines is 1. The van der Waals surface area contributed by atoms with Gasteiger partial charge in [-0.05, 0) is 12.1 Å². The quantitative estimate of drug-likeness (QED) is 0.668. The zero-order chi connectivity index (χ0) is 15.1. The van der Waals surface area contributed by atoms with Crippen LogP contribution in [0.2, 0.25) is 0 Å². The molecule has 5 nitrogen and oxygen atoms in total. The van der Waals surface area contributed by atoms with Gasteiger partial charge in [0.25, 0.3) is 0 Å². The summed E-state index contributed by atoms with van der Waals surface area (Å²) in [4.78, 5) is 12.0. The Morgan fingerprint density at radius 1 is 0.955 bits per heavy atom. The Bertz CT molecular complexity index is 1060. The minimum atomic E-state index is 0.393. The highest BCUT2D eigenvalue weighted by Gasteiger charge is 2.17. The lowest BCUT2D eigenvalue weighted by atomic mass is 10.1. The van der Waals surface area contributed by atoms with Gasteiger partial charge in [0.1, 0.15) is 17.5 Å². The van der Waals surface area contributed by atoms with Crippen LogP contribution in [0, 0.1) is 11.3 Å². The number of nitriles is 1. The largest absolute Gasteiger partial charge is 0.385 e. The third kappa shape index (κ3) is 1.71. The summed E-state index contributed by atoms with van der Waals surface area (Å²) in [6.07, 6.45) is 0. The highest BCUT2D eigenvalue weighted by Crippen LogP contribution is 2.31. The molecule has 0 saturated carbocycles. The van der Waals surface area contributed by atoms with Crippen LogP contribution in [0.5, 0.6) is 0 Å². The number of benzene rings is 2. The van der Waals surface area contributed by atoms with Crippen LogP contribution in [0.3, 0.4) is 0 Å². The van der Waals surface area contributed by atoms with Crippen LogP contribution in [0.1, 0.15) is 5.69 Å². The topological polar surface area (TPSA) is 90.3 Å². The number of hydrogen-bond donors (Lipinski definition) is 2. The lowest BCUT2D eigenvalue weighted by Crippen LogP contribution is -2.19. The van der Waals surface area contributed by atoms with Gasteiger partial charge in [-0.3, -0.25) is 0 Å². The molecule has 0 spiro atoms. The summed E-state index contributed by atoms with van der Waals surface area (Å²) < 4.78 is 0. The van der Waals surface area contributed by atoms with E-state index in [2.05, 4.69) is 21.0 Å². The molecule has 1 aliphatic rings. The maximum atomic E-state index is 9.60. The van der Waals surface area contributed by atoms with Gasteiger partial charge in [-0.1, -0.05) is 36.4 Å². The van der Waals surface area contributed by atoms with Crippen molar-refractivity contribution in [1.82, 2.24) is 4.98 Å². The molecule has 3 aromatic rings. The fourth-order valence-electron chi connectivity index (χ4n) is 2.64. The normalized spacial score (nSPS) is 12.4. The van der Waals surface area contributed by atoms with E-state index >= 15 is 0 Å². The maximum Gasteiger partial charge on any atom is 0.173 e. The molecule has 0 unspecified atom stereocenters. The van der Waals surface area contributed by atoms with Gasteiger partial charge in [-0.2, -0.15) is 5.26 Å². The van der Waals surface area contributed by atoms with Gasteiger partial charge in [-0.15, -0.1) is 0 Å². The van der Waals surface area contributed by atoms with Crippen LogP contribution in [0.4, 0.5) is 5.82 Å². The first-order chi connectivity index (χ1) is 10.8. The van der Waals surface area contributed by atoms with Crippen LogP contribution >= 0.6 is 0 Å². The Labute approximate surface area is 125 Å². The number of nitrogens with one attached hydrogen (secondary N) is 1. The van der Waals surface area contributed by atoms with Crippen molar-refractivity contribution in [3.8, 4) is 6.07 Å². The third-order valence-corrected chi connectivity index (χ3v) is 3.67. The number of allylic oxidation sites excluding steroid dienone is 1. The molecule has 3 N–H and O–H groups in total. The number of aromatic amines is 1. The van der Waals surface area contributed by atoms with Crippen molar-refractivity contribution >= 4 is 22.2 Å². The minimum absolute atomic E-state index is 0.393. The number of hydrogen-bond acceptors (Lipinski definition) is 4. The summed E-state index contributed by atoms with van der Waals surface area (Å²) in [5.74, 6) is 0.949. The number of para-hydroxylation sites is 2. The van der Waals surface area contributed by atoms with Crippen molar-refractivity contribution in [2.45, 2.75) is 0 Å². The van der Waals surface area contributed by atoms with Crippen LogP contribution in [0.25, 0.3) is 16.3 Å². The van der Waals surface area contributed by atoms with Gasteiger partial charge < -0.3 is 10.7 Å². The standard InChI is InChI=1S/C17H11N5/c18-9-12(17-20-13-7-3-4-8-14(13)21-17)15-10-5-1-2-6-11(10)16(19)22-15/h1-8,22H,19H2. The molecule has 2 heterocycles. The minimum Gasteiger partial charge on any atom is -0.385 e. The number of nitrogens with two attached hydrogens (primary N) is 1. The van der Waals surface area contributed by atoms with Crippen LogP contribution < -0.4 is 16.4 Å². The third-order valence-electron chi connectivity index (χ3n) is 3.67. The van der Waals surface area contributed by atoms with E-state index in [-0.39, 0.29) is 0 Å². The fraction of sp³-hybridized carbons (Fsp3) is 0. The van der Waals surface area contributed by atoms with E-state index in [1.807, 2.05) is 48.5 Å². The first-order valence-electron chi connectivity index (χ1n) is 6.81. The molecule has 4 rings (SSSR count). The molecule has 5 heteroatoms. The molecule has 1 aromatic heterocycles. The molecular formula is C17H11N5. The lowest BCUT2D eigenvalue weighted by molar-refractivity contribution is 1.22. The Balaban J connectivity index is 2.03. The number of fused-ring (bicyclic) bond motifs is 2. The molecule has 22 heavy (non-hydrogen) atoms. The summed E-state index contributed by atoms with van der Waals surface area (Å²) in [5, 5.41) is 12.9. The van der Waals surface area contributed by atoms with E-state index in [0.717, 1.165) is 21.5 Å². The maximum absolute atomic E-state index is 9.60. The van der Waals surface area contributed by atoms with E-state index in [9.17, 15) is 5.26 Å². The second kappa shape index (κ2) is 4.57. The van der Waals surface area contributed by atoms with Crippen molar-refractivity contribution in [3.05, 3.63) is 70.8 Å². The van der Waals surface area contributed by atoms with Gasteiger partial charge in [0.15, 0.2) is 5.82 Å². The second-order valence-corrected chi connectivity index (χ2v) is 4.98. The van der Waals surface area contributed by atoms with E-state index < -0.39 is 0 Å². The summed E-state index contributed by atoms with van der Waals surface area (Å²) in [7, 11) is 0. The Morgan fingerprint density at radius 3 is 2.18 bits per heavy atom. The Hall–Kier alpha value is -3.39. The number of nitrogens with zero attached hydrogens (tertiary/aromatic N) is 3. The van der Waals surface area contributed by atoms with E-state index in [4.69, 9.17) is 5.73 Å². The summed E-state index contributed by atoms with van der Waals surface area (Å²) in [6, 6.07) is 17.4. The monoisotopic (exact) mass is 285 g/mol. The average Bonchev–Trinajstić information content (AvgIpc) is 3.11.